The molecule has 0 atom stereocenters. The summed E-state index contributed by atoms with van der Waals surface area (Å²) in [7, 11) is 0. The van der Waals surface area contributed by atoms with Crippen LogP contribution >= 0.6 is 0 Å². The minimum atomic E-state index is 0. The van der Waals surface area contributed by atoms with Gasteiger partial charge in [-0.2, -0.15) is 55.6 Å². The van der Waals surface area contributed by atoms with Crippen LogP contribution in [0.4, 0.5) is 0 Å². The Hall–Kier alpha value is -0.677. The maximum Gasteiger partial charge on any atom is 2.00 e. The fourth-order valence-corrected chi connectivity index (χ4v) is 2.81. The van der Waals surface area contributed by atoms with Gasteiger partial charge in [-0.15, -0.1) is 0 Å². The molecular weight excluding hydrogens is 341 g/mol. The maximum absolute atomic E-state index is 2.20. The fourth-order valence-electron chi connectivity index (χ4n) is 2.81. The molecule has 0 N–H and O–H groups in total. The number of hydrogen-bond acceptors (Lipinski definition) is 0. The average molecular weight is 372 g/mol. The molecule has 0 aromatic heterocycles. The smallest absolute Gasteiger partial charge is 0.196 e. The van der Waals surface area contributed by atoms with Crippen LogP contribution in [0.15, 0.2) is 0 Å². The molecule has 0 nitrogen and oxygen atoms in total. The van der Waals surface area contributed by atoms with Gasteiger partial charge in [-0.25, -0.2) is 0 Å². The topological polar surface area (TPSA) is 0 Å². The third-order valence-electron chi connectivity index (χ3n) is 5.62. The van der Waals surface area contributed by atoms with E-state index in [-0.39, 0.29) is 19.5 Å². The van der Waals surface area contributed by atoms with Gasteiger partial charge in [0.15, 0.2) is 0 Å². The van der Waals surface area contributed by atoms with E-state index in [0.29, 0.717) is 0 Å². The van der Waals surface area contributed by atoms with Crippen LogP contribution in [0.1, 0.15) is 55.6 Å². The zero-order valence-corrected chi connectivity index (χ0v) is 17.1. The van der Waals surface area contributed by atoms with E-state index in [1.54, 1.807) is 0 Å². The standard InChI is InChI=1S/2C10H15.Ru/c2*1-6-7(2)9(4)10(5)8(6)3;/h2*1-5H3;/q2*-1;+2. The van der Waals surface area contributed by atoms with E-state index in [1.165, 1.54) is 55.6 Å². The zero-order valence-electron chi connectivity index (χ0n) is 15.4. The SMILES string of the molecule is Cc1c(C)c(C)[c-](C)c1C.Cc1c(C)c(C)[c-](C)c1C.[Ru+2]. The van der Waals surface area contributed by atoms with Crippen molar-refractivity contribution in [1.29, 1.82) is 0 Å². The first-order valence-electron chi connectivity index (χ1n) is 7.50. The van der Waals surface area contributed by atoms with E-state index >= 15 is 0 Å². The largest absolute Gasteiger partial charge is 2.00 e. The van der Waals surface area contributed by atoms with Crippen molar-refractivity contribution < 1.29 is 19.5 Å². The Morgan fingerprint density at radius 1 is 0.429 bits per heavy atom. The normalized spacial score (nSPS) is 10.0. The van der Waals surface area contributed by atoms with Crippen molar-refractivity contribution in [2.75, 3.05) is 0 Å². The van der Waals surface area contributed by atoms with Crippen LogP contribution in [0.25, 0.3) is 0 Å². The van der Waals surface area contributed by atoms with Crippen LogP contribution in [-0.4, -0.2) is 0 Å². The fraction of sp³-hybridized carbons (Fsp3) is 0.500. The summed E-state index contributed by atoms with van der Waals surface area (Å²) in [5.74, 6) is 0. The molecule has 0 aliphatic carbocycles. The summed E-state index contributed by atoms with van der Waals surface area (Å²) in [6, 6.07) is 0. The summed E-state index contributed by atoms with van der Waals surface area (Å²) < 4.78 is 0. The molecule has 118 valence electrons. The molecule has 0 fully saturated rings. The van der Waals surface area contributed by atoms with Crippen molar-refractivity contribution in [2.45, 2.75) is 69.2 Å². The summed E-state index contributed by atoms with van der Waals surface area (Å²) in [5, 5.41) is 0. The Bertz CT molecular complexity index is 404. The van der Waals surface area contributed by atoms with Gasteiger partial charge in [-0.3, -0.25) is 0 Å². The summed E-state index contributed by atoms with van der Waals surface area (Å²) in [6.45, 7) is 22.0. The molecular formula is C20H30Ru. The maximum atomic E-state index is 2.20. The average Bonchev–Trinajstić information content (AvgIpc) is 2.71. The van der Waals surface area contributed by atoms with Gasteiger partial charge in [-0.05, 0) is 0 Å². The molecule has 0 unspecified atom stereocenters. The molecule has 0 amide bonds. The van der Waals surface area contributed by atoms with Gasteiger partial charge in [0.25, 0.3) is 0 Å². The summed E-state index contributed by atoms with van der Waals surface area (Å²) in [5.41, 5.74) is 14.7. The summed E-state index contributed by atoms with van der Waals surface area (Å²) in [4.78, 5) is 0. The Morgan fingerprint density at radius 2 is 0.571 bits per heavy atom. The minimum absolute atomic E-state index is 0. The van der Waals surface area contributed by atoms with Gasteiger partial charge in [0, 0.05) is 0 Å². The van der Waals surface area contributed by atoms with Gasteiger partial charge in [0.2, 0.25) is 0 Å². The van der Waals surface area contributed by atoms with E-state index in [4.69, 9.17) is 0 Å². The van der Waals surface area contributed by atoms with E-state index < -0.39 is 0 Å². The van der Waals surface area contributed by atoms with Crippen molar-refractivity contribution in [3.63, 3.8) is 0 Å². The molecule has 0 aliphatic heterocycles. The Balaban J connectivity index is 0.000000364. The van der Waals surface area contributed by atoms with Gasteiger partial charge in [-0.1, -0.05) is 69.2 Å². The third kappa shape index (κ3) is 3.75. The molecule has 0 bridgehead atoms. The van der Waals surface area contributed by atoms with E-state index in [1.807, 2.05) is 0 Å². The van der Waals surface area contributed by atoms with Crippen LogP contribution < -0.4 is 0 Å². The molecule has 2 aromatic carbocycles. The van der Waals surface area contributed by atoms with E-state index in [2.05, 4.69) is 69.2 Å². The number of hydrogen-bond donors (Lipinski definition) is 0. The summed E-state index contributed by atoms with van der Waals surface area (Å²) in [6.07, 6.45) is 0. The first-order chi connectivity index (χ1) is 9.11. The van der Waals surface area contributed by atoms with Crippen molar-refractivity contribution in [3.05, 3.63) is 55.6 Å². The first kappa shape index (κ1) is 20.3. The molecule has 0 radical (unpaired) electrons. The molecule has 0 heterocycles. The van der Waals surface area contributed by atoms with Crippen molar-refractivity contribution in [3.8, 4) is 0 Å². The van der Waals surface area contributed by atoms with Crippen LogP contribution in [-0.2, 0) is 19.5 Å². The number of rotatable bonds is 0. The molecule has 1 heteroatoms. The Kier molecular flexibility index (Phi) is 7.30. The van der Waals surface area contributed by atoms with E-state index in [9.17, 15) is 0 Å². The second-order valence-electron chi connectivity index (χ2n) is 6.25. The molecule has 2 aromatic rings. The second kappa shape index (κ2) is 7.55. The minimum Gasteiger partial charge on any atom is -0.196 e. The van der Waals surface area contributed by atoms with Crippen molar-refractivity contribution in [1.82, 2.24) is 0 Å². The van der Waals surface area contributed by atoms with Crippen molar-refractivity contribution >= 4 is 0 Å². The van der Waals surface area contributed by atoms with Gasteiger partial charge in [0.05, 0.1) is 0 Å². The van der Waals surface area contributed by atoms with Crippen LogP contribution in [0, 0.1) is 69.2 Å². The Labute approximate surface area is 144 Å². The molecule has 21 heavy (non-hydrogen) atoms. The van der Waals surface area contributed by atoms with Gasteiger partial charge in [0.1, 0.15) is 0 Å². The van der Waals surface area contributed by atoms with Gasteiger partial charge >= 0.3 is 19.5 Å². The quantitative estimate of drug-likeness (QED) is 0.400. The molecule has 0 spiro atoms. The Morgan fingerprint density at radius 3 is 0.619 bits per heavy atom. The second-order valence-corrected chi connectivity index (χ2v) is 6.25. The third-order valence-corrected chi connectivity index (χ3v) is 5.62. The molecule has 2 rings (SSSR count). The van der Waals surface area contributed by atoms with Crippen molar-refractivity contribution in [2.24, 2.45) is 0 Å². The predicted molar refractivity (Wildman–Crippen MR) is 91.4 cm³/mol. The molecule has 0 aliphatic rings. The first-order valence-corrected chi connectivity index (χ1v) is 7.50. The zero-order chi connectivity index (χ0) is 15.8. The molecule has 0 saturated heterocycles. The van der Waals surface area contributed by atoms with Crippen LogP contribution in [0.5, 0.6) is 0 Å². The van der Waals surface area contributed by atoms with E-state index in [0.717, 1.165) is 0 Å². The monoisotopic (exact) mass is 372 g/mol. The van der Waals surface area contributed by atoms with Crippen LogP contribution in [0.2, 0.25) is 0 Å². The predicted octanol–water partition coefficient (Wildman–Crippen LogP) is 5.89. The molecule has 0 saturated carbocycles. The summed E-state index contributed by atoms with van der Waals surface area (Å²) >= 11 is 0. The van der Waals surface area contributed by atoms with Gasteiger partial charge < -0.3 is 0 Å². The van der Waals surface area contributed by atoms with Crippen LogP contribution in [0.3, 0.4) is 0 Å².